The van der Waals surface area contributed by atoms with Gasteiger partial charge >= 0.3 is 5.97 Å². The average molecular weight is 703 g/mol. The molecule has 1 aromatic rings. The van der Waals surface area contributed by atoms with Crippen molar-refractivity contribution in [3.63, 3.8) is 0 Å². The van der Waals surface area contributed by atoms with Gasteiger partial charge in [-0.15, -0.1) is 13.2 Å². The monoisotopic (exact) mass is 701 g/mol. The fourth-order valence-corrected chi connectivity index (χ4v) is 8.26. The van der Waals surface area contributed by atoms with E-state index in [1.165, 1.54) is 4.90 Å². The predicted molar refractivity (Wildman–Crippen MR) is 179 cm³/mol. The summed E-state index contributed by atoms with van der Waals surface area (Å²) < 4.78 is 12.5. The molecule has 3 fully saturated rings. The molecule has 0 aliphatic carbocycles. The van der Waals surface area contributed by atoms with Crippen molar-refractivity contribution in [3.8, 4) is 0 Å². The normalized spacial score (nSPS) is 27.7. The molecule has 46 heavy (non-hydrogen) atoms. The number of hydrogen-bond acceptors (Lipinski definition) is 7. The summed E-state index contributed by atoms with van der Waals surface area (Å²) in [5.41, 5.74) is 1.23. The van der Waals surface area contributed by atoms with Crippen LogP contribution < -0.4 is 10.2 Å². The Morgan fingerprint density at radius 2 is 1.96 bits per heavy atom. The molecule has 3 amide bonds. The molecule has 3 heterocycles. The number of aryl methyl sites for hydroxylation is 2. The second-order valence-electron chi connectivity index (χ2n) is 13.3. The van der Waals surface area contributed by atoms with Crippen LogP contribution in [0.25, 0.3) is 0 Å². The molecule has 2 N–H and O–H groups in total. The first-order valence-electron chi connectivity index (χ1n) is 16.1. The van der Waals surface area contributed by atoms with Gasteiger partial charge in [-0.2, -0.15) is 0 Å². The standard InChI is InChI=1S/C35H48BrN3O7/c1-8-10-11-27(41)37-18-23(7)45-34(44)28-29-32(42)39(24(19-40)15-20(3)4)31(35(29)17-25(36)30(28)46-35)33(43)38(14-9-2)26-16-21(5)12-13-22(26)6/h8-9,12-13,16,20,23-25,28-31,40H,1-2,10-11,14-15,17-19H2,3-7H3,(H,37,41)/t23-,24+,25?,28+,29-,30+,31+,35-/m0/s1. The highest BCUT2D eigenvalue weighted by atomic mass is 79.9. The largest absolute Gasteiger partial charge is 0.460 e. The summed E-state index contributed by atoms with van der Waals surface area (Å²) in [6, 6.07) is 4.10. The zero-order chi connectivity index (χ0) is 33.9. The highest BCUT2D eigenvalue weighted by Gasteiger charge is 2.77. The van der Waals surface area contributed by atoms with Gasteiger partial charge in [-0.05, 0) is 63.1 Å². The van der Waals surface area contributed by atoms with Gasteiger partial charge in [0.1, 0.15) is 17.7 Å². The number of fused-ring (bicyclic) bond motifs is 1. The van der Waals surface area contributed by atoms with Gasteiger partial charge in [-0.1, -0.05) is 54.1 Å². The SMILES string of the molecule is C=CCCC(=O)NC[C@H](C)OC(=O)[C@H]1[C@@H]2O[C@@]3(CC2Br)[C@@H]1C(=O)N([C@@H](CO)CC(C)C)[C@@H]3C(=O)N(CC=C)c1cc(C)ccc1C. The Labute approximate surface area is 280 Å². The highest BCUT2D eigenvalue weighted by molar-refractivity contribution is 9.09. The topological polar surface area (TPSA) is 125 Å². The molecule has 252 valence electrons. The van der Waals surface area contributed by atoms with Crippen molar-refractivity contribution in [2.24, 2.45) is 17.8 Å². The molecule has 8 atom stereocenters. The Morgan fingerprint density at radius 1 is 1.24 bits per heavy atom. The lowest BCUT2D eigenvalue weighted by molar-refractivity contribution is -0.159. The summed E-state index contributed by atoms with van der Waals surface area (Å²) in [4.78, 5) is 58.3. The number of nitrogens with one attached hydrogen (secondary N) is 1. The van der Waals surface area contributed by atoms with Gasteiger partial charge in [0.15, 0.2) is 0 Å². The van der Waals surface area contributed by atoms with E-state index >= 15 is 0 Å². The summed E-state index contributed by atoms with van der Waals surface area (Å²) in [5, 5.41) is 13.4. The number of carbonyl (C=O) groups excluding carboxylic acids is 4. The van der Waals surface area contributed by atoms with Crippen LogP contribution in [0, 0.1) is 31.6 Å². The first kappa shape index (κ1) is 35.8. The Balaban J connectivity index is 1.73. The molecule has 2 bridgehead atoms. The molecule has 4 rings (SSSR count). The number of hydrogen-bond donors (Lipinski definition) is 2. The Bertz CT molecular complexity index is 1350. The number of alkyl halides is 1. The van der Waals surface area contributed by atoms with Gasteiger partial charge < -0.3 is 29.7 Å². The third kappa shape index (κ3) is 6.82. The lowest BCUT2D eigenvalue weighted by Crippen LogP contribution is -2.59. The molecule has 1 aromatic carbocycles. The lowest BCUT2D eigenvalue weighted by atomic mass is 9.70. The third-order valence-electron chi connectivity index (χ3n) is 9.29. The number of allylic oxidation sites excluding steroid dienone is 1. The number of nitrogens with zero attached hydrogens (tertiary/aromatic N) is 2. The van der Waals surface area contributed by atoms with Crippen molar-refractivity contribution in [2.45, 2.75) is 95.0 Å². The molecular weight excluding hydrogens is 654 g/mol. The van der Waals surface area contributed by atoms with Gasteiger partial charge in [0.05, 0.1) is 37.1 Å². The minimum absolute atomic E-state index is 0.113. The van der Waals surface area contributed by atoms with Crippen LogP contribution in [-0.4, -0.2) is 88.1 Å². The molecule has 0 saturated carbocycles. The molecule has 1 spiro atoms. The second kappa shape index (κ2) is 14.8. The Morgan fingerprint density at radius 3 is 2.59 bits per heavy atom. The minimum Gasteiger partial charge on any atom is -0.460 e. The zero-order valence-corrected chi connectivity index (χ0v) is 29.1. The van der Waals surface area contributed by atoms with Crippen molar-refractivity contribution in [3.05, 3.63) is 54.6 Å². The number of esters is 1. The van der Waals surface area contributed by atoms with E-state index in [9.17, 15) is 24.3 Å². The number of ether oxygens (including phenoxy) is 2. The smallest absolute Gasteiger partial charge is 0.312 e. The quantitative estimate of drug-likeness (QED) is 0.161. The molecular formula is C35H48BrN3O7. The molecule has 10 nitrogen and oxygen atoms in total. The van der Waals surface area contributed by atoms with Crippen LogP contribution in [-0.2, 0) is 28.7 Å². The number of halogens is 1. The van der Waals surface area contributed by atoms with Crippen LogP contribution in [0.3, 0.4) is 0 Å². The van der Waals surface area contributed by atoms with Gasteiger partial charge in [0.25, 0.3) is 5.91 Å². The first-order chi connectivity index (χ1) is 21.8. The maximum absolute atomic E-state index is 14.9. The number of anilines is 1. The van der Waals surface area contributed by atoms with Gasteiger partial charge in [0, 0.05) is 23.5 Å². The van der Waals surface area contributed by atoms with Crippen LogP contribution in [0.2, 0.25) is 0 Å². The Hall–Kier alpha value is -3.02. The fraction of sp³-hybridized carbons (Fsp3) is 0.600. The molecule has 3 aliphatic rings. The van der Waals surface area contributed by atoms with Crippen molar-refractivity contribution in [2.75, 3.05) is 24.6 Å². The number of aliphatic hydroxyl groups is 1. The van der Waals surface area contributed by atoms with Crippen LogP contribution in [0.1, 0.15) is 57.6 Å². The van der Waals surface area contributed by atoms with Crippen molar-refractivity contribution < 1.29 is 33.8 Å². The predicted octanol–water partition coefficient (Wildman–Crippen LogP) is 3.99. The summed E-state index contributed by atoms with van der Waals surface area (Å²) >= 11 is 3.70. The number of likely N-dealkylation sites (tertiary alicyclic amines) is 1. The second-order valence-corrected chi connectivity index (χ2v) is 14.5. The van der Waals surface area contributed by atoms with Gasteiger partial charge in [-0.25, -0.2) is 0 Å². The lowest BCUT2D eigenvalue weighted by Gasteiger charge is -2.40. The van der Waals surface area contributed by atoms with E-state index in [0.717, 1.165) is 11.1 Å². The first-order valence-corrected chi connectivity index (χ1v) is 17.0. The highest BCUT2D eigenvalue weighted by Crippen LogP contribution is 2.61. The van der Waals surface area contributed by atoms with Crippen LogP contribution in [0.5, 0.6) is 0 Å². The van der Waals surface area contributed by atoms with Crippen molar-refractivity contribution in [1.29, 1.82) is 0 Å². The molecule has 11 heteroatoms. The fourth-order valence-electron chi connectivity index (χ4n) is 7.32. The molecule has 0 radical (unpaired) electrons. The van der Waals surface area contributed by atoms with Crippen LogP contribution in [0.4, 0.5) is 5.69 Å². The maximum atomic E-state index is 14.9. The maximum Gasteiger partial charge on any atom is 0.312 e. The van der Waals surface area contributed by atoms with Crippen LogP contribution in [0.15, 0.2) is 43.5 Å². The third-order valence-corrected chi connectivity index (χ3v) is 10.1. The Kier molecular flexibility index (Phi) is 11.5. The summed E-state index contributed by atoms with van der Waals surface area (Å²) in [7, 11) is 0. The zero-order valence-electron chi connectivity index (χ0n) is 27.5. The number of aliphatic hydroxyl groups excluding tert-OH is 1. The van der Waals surface area contributed by atoms with E-state index in [1.807, 2.05) is 45.9 Å². The molecule has 3 aliphatic heterocycles. The van der Waals surface area contributed by atoms with E-state index in [1.54, 1.807) is 24.0 Å². The summed E-state index contributed by atoms with van der Waals surface area (Å²) in [6.07, 6.45) is 3.55. The minimum atomic E-state index is -1.32. The summed E-state index contributed by atoms with van der Waals surface area (Å²) in [6.45, 7) is 17.0. The van der Waals surface area contributed by atoms with Gasteiger partial charge in [-0.3, -0.25) is 19.2 Å². The number of amides is 3. The van der Waals surface area contributed by atoms with Crippen LogP contribution >= 0.6 is 15.9 Å². The average Bonchev–Trinajstić information content (AvgIpc) is 3.60. The van der Waals surface area contributed by atoms with Crippen molar-refractivity contribution in [1.82, 2.24) is 10.2 Å². The van der Waals surface area contributed by atoms with Crippen molar-refractivity contribution >= 4 is 45.3 Å². The number of carbonyl (C=O) groups is 4. The molecule has 1 unspecified atom stereocenters. The number of benzene rings is 1. The summed E-state index contributed by atoms with van der Waals surface area (Å²) in [5.74, 6) is -3.38. The van der Waals surface area contributed by atoms with Gasteiger partial charge in [0.2, 0.25) is 11.8 Å². The molecule has 0 aromatic heterocycles. The number of rotatable bonds is 15. The van der Waals surface area contributed by atoms with E-state index in [4.69, 9.17) is 9.47 Å². The van der Waals surface area contributed by atoms with E-state index < -0.39 is 53.6 Å². The van der Waals surface area contributed by atoms with E-state index in [2.05, 4.69) is 34.4 Å². The van der Waals surface area contributed by atoms with E-state index in [0.29, 0.717) is 24.9 Å². The van der Waals surface area contributed by atoms with E-state index in [-0.39, 0.29) is 48.7 Å². The molecule has 3 saturated heterocycles.